The molecule has 1 aromatic rings. The lowest BCUT2D eigenvalue weighted by atomic mass is 10.2. The smallest absolute Gasteiger partial charge is 0.259 e. The third-order valence-electron chi connectivity index (χ3n) is 4.06. The van der Waals surface area contributed by atoms with Crippen molar-refractivity contribution < 1.29 is 4.74 Å². The summed E-state index contributed by atoms with van der Waals surface area (Å²) in [6.45, 7) is 4.68. The summed E-state index contributed by atoms with van der Waals surface area (Å²) >= 11 is 7.00. The highest BCUT2D eigenvalue weighted by Gasteiger charge is 2.22. The van der Waals surface area contributed by atoms with Crippen LogP contribution >= 0.6 is 24.0 Å². The zero-order valence-electron chi connectivity index (χ0n) is 12.9. The Morgan fingerprint density at radius 2 is 2.00 bits per heavy atom. The summed E-state index contributed by atoms with van der Waals surface area (Å²) < 4.78 is 9.20. The van der Waals surface area contributed by atoms with Crippen LogP contribution in [0.15, 0.2) is 9.79 Å². The molecule has 0 N–H and O–H groups in total. The van der Waals surface area contributed by atoms with Crippen LogP contribution in [-0.2, 0) is 25.3 Å². The van der Waals surface area contributed by atoms with E-state index in [1.54, 1.807) is 18.8 Å². The van der Waals surface area contributed by atoms with Gasteiger partial charge in [-0.25, -0.2) is 4.99 Å². The Labute approximate surface area is 138 Å². The number of hydrogen-bond acceptors (Lipinski definition) is 6. The zero-order valence-corrected chi connectivity index (χ0v) is 14.5. The Morgan fingerprint density at radius 1 is 1.27 bits per heavy atom. The number of hydrogen-bond donors (Lipinski definition) is 0. The first-order chi connectivity index (χ1) is 10.6. The molecule has 8 heteroatoms. The van der Waals surface area contributed by atoms with E-state index in [2.05, 4.69) is 9.89 Å². The van der Waals surface area contributed by atoms with E-state index < -0.39 is 0 Å². The molecule has 0 amide bonds. The molecule has 1 aromatic heterocycles. The summed E-state index contributed by atoms with van der Waals surface area (Å²) in [4.78, 5) is 19.3. The van der Waals surface area contributed by atoms with Crippen LogP contribution in [0.1, 0.15) is 5.56 Å². The quantitative estimate of drug-likeness (QED) is 0.772. The molecule has 0 saturated carbocycles. The number of rotatable bonds is 3. The largest absolute Gasteiger partial charge is 0.379 e. The van der Waals surface area contributed by atoms with Crippen LogP contribution in [0.4, 0.5) is 5.82 Å². The van der Waals surface area contributed by atoms with Crippen LogP contribution in [0.3, 0.4) is 0 Å². The molecule has 1 fully saturated rings. The fourth-order valence-corrected chi connectivity index (χ4v) is 3.86. The van der Waals surface area contributed by atoms with Gasteiger partial charge in [0.15, 0.2) is 4.77 Å². The third kappa shape index (κ3) is 3.05. The van der Waals surface area contributed by atoms with Gasteiger partial charge in [0, 0.05) is 45.9 Å². The van der Waals surface area contributed by atoms with Crippen LogP contribution in [0.5, 0.6) is 0 Å². The lowest BCUT2D eigenvalue weighted by Gasteiger charge is -2.26. The molecule has 6 nitrogen and oxygen atoms in total. The summed E-state index contributed by atoms with van der Waals surface area (Å²) in [6.07, 6.45) is 0.624. The molecule has 3 rings (SSSR count). The summed E-state index contributed by atoms with van der Waals surface area (Å²) in [5.41, 5.74) is 0.734. The Bertz CT molecular complexity index is 717. The average Bonchev–Trinajstić information content (AvgIpc) is 2.96. The molecule has 0 bridgehead atoms. The predicted octanol–water partition coefficient (Wildman–Crippen LogP) is 1.10. The molecule has 120 valence electrons. The van der Waals surface area contributed by atoms with Crippen molar-refractivity contribution in [2.24, 2.45) is 19.1 Å². The summed E-state index contributed by atoms with van der Waals surface area (Å²) in [5.74, 6) is 1.71. The van der Waals surface area contributed by atoms with E-state index in [4.69, 9.17) is 17.0 Å². The molecule has 0 aromatic carbocycles. The summed E-state index contributed by atoms with van der Waals surface area (Å²) in [6, 6.07) is 0. The first-order valence-electron chi connectivity index (χ1n) is 7.37. The van der Waals surface area contributed by atoms with Crippen molar-refractivity contribution in [2.45, 2.75) is 6.42 Å². The average molecular weight is 340 g/mol. The van der Waals surface area contributed by atoms with Gasteiger partial charge in [-0.15, -0.1) is 11.8 Å². The Balaban J connectivity index is 1.65. The second kappa shape index (κ2) is 6.66. The number of ether oxygens (including phenoxy) is 1. The van der Waals surface area contributed by atoms with Crippen molar-refractivity contribution in [1.82, 2.24) is 14.0 Å². The van der Waals surface area contributed by atoms with E-state index in [0.29, 0.717) is 11.2 Å². The minimum absolute atomic E-state index is 0.0226. The number of nitrogens with zero attached hydrogens (tertiary/aromatic N) is 4. The van der Waals surface area contributed by atoms with Crippen molar-refractivity contribution in [3.05, 3.63) is 20.7 Å². The van der Waals surface area contributed by atoms with Crippen LogP contribution in [0, 0.1) is 4.77 Å². The standard InChI is InChI=1S/C14H20N4O2S2/c1-16-12-10(13(19)17(2)14(16)21)9-11(15-12)22-8-5-18-3-6-20-7-4-18/h3-9H2,1-2H3. The van der Waals surface area contributed by atoms with Crippen molar-refractivity contribution in [2.75, 3.05) is 38.6 Å². The Hall–Kier alpha value is -0.960. The molecule has 0 spiro atoms. The van der Waals surface area contributed by atoms with Gasteiger partial charge in [-0.1, -0.05) is 0 Å². The molecule has 0 atom stereocenters. The van der Waals surface area contributed by atoms with Crippen molar-refractivity contribution in [1.29, 1.82) is 0 Å². The van der Waals surface area contributed by atoms with Gasteiger partial charge in [0.05, 0.1) is 23.8 Å². The summed E-state index contributed by atoms with van der Waals surface area (Å²) in [7, 11) is 3.58. The normalized spacial score (nSPS) is 18.4. The second-order valence-electron chi connectivity index (χ2n) is 5.49. The van der Waals surface area contributed by atoms with Gasteiger partial charge in [0.1, 0.15) is 5.82 Å². The van der Waals surface area contributed by atoms with E-state index in [1.807, 2.05) is 11.6 Å². The van der Waals surface area contributed by atoms with Crippen molar-refractivity contribution in [3.63, 3.8) is 0 Å². The lowest BCUT2D eigenvalue weighted by molar-refractivity contribution is 0.0410. The Kier molecular flexibility index (Phi) is 4.82. The zero-order chi connectivity index (χ0) is 15.7. The fourth-order valence-electron chi connectivity index (χ4n) is 2.71. The number of aromatic nitrogens is 2. The monoisotopic (exact) mass is 340 g/mol. The molecule has 1 saturated heterocycles. The van der Waals surface area contributed by atoms with Crippen LogP contribution in [-0.4, -0.2) is 57.7 Å². The van der Waals surface area contributed by atoms with E-state index in [9.17, 15) is 4.79 Å². The van der Waals surface area contributed by atoms with Crippen LogP contribution < -0.4 is 5.56 Å². The predicted molar refractivity (Wildman–Crippen MR) is 92.0 cm³/mol. The lowest BCUT2D eigenvalue weighted by Crippen LogP contribution is -2.37. The topological polar surface area (TPSA) is 51.8 Å². The minimum atomic E-state index is -0.0226. The molecule has 0 unspecified atom stereocenters. The van der Waals surface area contributed by atoms with Gasteiger partial charge in [-0.2, -0.15) is 0 Å². The number of thioether (sulfide) groups is 1. The second-order valence-corrected chi connectivity index (χ2v) is 7.03. The highest BCUT2D eigenvalue weighted by molar-refractivity contribution is 8.14. The first-order valence-corrected chi connectivity index (χ1v) is 8.76. The number of morpholine rings is 1. The first kappa shape index (κ1) is 15.9. The molecule has 22 heavy (non-hydrogen) atoms. The van der Waals surface area contributed by atoms with Crippen molar-refractivity contribution in [3.8, 4) is 0 Å². The summed E-state index contributed by atoms with van der Waals surface area (Å²) in [5, 5.41) is 1.01. The van der Waals surface area contributed by atoms with Crippen molar-refractivity contribution >= 4 is 34.8 Å². The fraction of sp³-hybridized carbons (Fsp3) is 0.643. The Morgan fingerprint density at radius 3 is 2.73 bits per heavy atom. The van der Waals surface area contributed by atoms with E-state index in [-0.39, 0.29) is 5.56 Å². The van der Waals surface area contributed by atoms with Gasteiger partial charge in [0.25, 0.3) is 5.56 Å². The van der Waals surface area contributed by atoms with E-state index in [0.717, 1.165) is 55.0 Å². The molecule has 2 aliphatic rings. The van der Waals surface area contributed by atoms with Gasteiger partial charge in [0.2, 0.25) is 0 Å². The number of aliphatic imine (C=N–C) groups is 1. The maximum absolute atomic E-state index is 12.3. The SMILES string of the molecule is Cn1c2c(c(=O)n(C)c1=S)CC(SCCN1CCOCC1)=N2. The van der Waals surface area contributed by atoms with Crippen LogP contribution in [0.2, 0.25) is 0 Å². The van der Waals surface area contributed by atoms with Crippen LogP contribution in [0.25, 0.3) is 0 Å². The minimum Gasteiger partial charge on any atom is -0.379 e. The molecule has 0 aliphatic carbocycles. The molecule has 2 aliphatic heterocycles. The van der Waals surface area contributed by atoms with Gasteiger partial charge >= 0.3 is 0 Å². The molecule has 3 heterocycles. The van der Waals surface area contributed by atoms with Gasteiger partial charge in [-0.3, -0.25) is 14.3 Å². The number of fused-ring (bicyclic) bond motifs is 1. The molecular formula is C14H20N4O2S2. The highest BCUT2D eigenvalue weighted by atomic mass is 32.2. The maximum atomic E-state index is 12.3. The van der Waals surface area contributed by atoms with E-state index in [1.165, 1.54) is 4.57 Å². The van der Waals surface area contributed by atoms with Gasteiger partial charge < -0.3 is 9.30 Å². The molecule has 0 radical (unpaired) electrons. The van der Waals surface area contributed by atoms with E-state index >= 15 is 0 Å². The maximum Gasteiger partial charge on any atom is 0.259 e. The third-order valence-corrected chi connectivity index (χ3v) is 5.57. The van der Waals surface area contributed by atoms with Gasteiger partial charge in [-0.05, 0) is 12.2 Å². The highest BCUT2D eigenvalue weighted by Crippen LogP contribution is 2.27. The molecular weight excluding hydrogens is 320 g/mol.